The number of nitrogens with zero attached hydrogens (tertiary/aromatic N) is 1. The molecule has 0 spiro atoms. The molecule has 0 aliphatic carbocycles. The summed E-state index contributed by atoms with van der Waals surface area (Å²) >= 11 is 1.84. The highest BCUT2D eigenvalue weighted by Gasteiger charge is 2.12. The van der Waals surface area contributed by atoms with Crippen LogP contribution in [0.5, 0.6) is 0 Å². The molecule has 1 heterocycles. The van der Waals surface area contributed by atoms with E-state index in [1.54, 1.807) is 0 Å². The number of hydrogen-bond donors (Lipinski definition) is 1. The molecule has 2 aromatic rings. The van der Waals surface area contributed by atoms with Crippen molar-refractivity contribution in [3.05, 3.63) is 40.4 Å². The summed E-state index contributed by atoms with van der Waals surface area (Å²) in [5.41, 5.74) is 3.82. The highest BCUT2D eigenvalue weighted by molar-refractivity contribution is 7.15. The van der Waals surface area contributed by atoms with Gasteiger partial charge in [-0.1, -0.05) is 44.5 Å². The molecule has 0 unspecified atom stereocenters. The summed E-state index contributed by atoms with van der Waals surface area (Å²) in [6.45, 7) is 8.61. The molecule has 2 nitrogen and oxygen atoms in total. The third-order valence-electron chi connectivity index (χ3n) is 3.48. The van der Waals surface area contributed by atoms with Crippen LogP contribution in [0.1, 0.15) is 42.8 Å². The molecule has 0 saturated heterocycles. The number of hydrogen-bond acceptors (Lipinski definition) is 3. The van der Waals surface area contributed by atoms with Gasteiger partial charge < -0.3 is 5.32 Å². The largest absolute Gasteiger partial charge is 0.312 e. The Labute approximate surface area is 126 Å². The lowest BCUT2D eigenvalue weighted by atomic mass is 10.1. The number of rotatable bonds is 7. The Bertz CT molecular complexity index is 546. The van der Waals surface area contributed by atoms with Gasteiger partial charge in [0, 0.05) is 17.0 Å². The summed E-state index contributed by atoms with van der Waals surface area (Å²) in [4.78, 5) is 6.23. The fourth-order valence-corrected chi connectivity index (χ4v) is 3.44. The molecule has 2 rings (SSSR count). The van der Waals surface area contributed by atoms with Gasteiger partial charge in [-0.2, -0.15) is 0 Å². The quantitative estimate of drug-likeness (QED) is 0.755. The summed E-state index contributed by atoms with van der Waals surface area (Å²) in [5, 5.41) is 4.69. The zero-order valence-electron chi connectivity index (χ0n) is 12.7. The average molecular weight is 288 g/mol. The monoisotopic (exact) mass is 288 g/mol. The first-order chi connectivity index (χ1) is 9.76. The maximum atomic E-state index is 4.84. The number of nitrogens with one attached hydrogen (secondary N) is 1. The van der Waals surface area contributed by atoms with E-state index in [0.717, 1.165) is 24.5 Å². The van der Waals surface area contributed by atoms with Crippen molar-refractivity contribution < 1.29 is 0 Å². The summed E-state index contributed by atoms with van der Waals surface area (Å²) < 4.78 is 0. The molecular weight excluding hydrogens is 264 g/mol. The molecule has 3 heteroatoms. The van der Waals surface area contributed by atoms with Crippen LogP contribution in [0.25, 0.3) is 10.6 Å². The summed E-state index contributed by atoms with van der Waals surface area (Å²) in [6, 6.07) is 8.50. The molecule has 0 fully saturated rings. The Hall–Kier alpha value is -1.19. The van der Waals surface area contributed by atoms with Crippen molar-refractivity contribution >= 4 is 11.3 Å². The summed E-state index contributed by atoms with van der Waals surface area (Å²) in [7, 11) is 0. The van der Waals surface area contributed by atoms with E-state index < -0.39 is 0 Å². The standard InChI is InChI=1S/C17H24N2S/c1-4-6-11-18-12-16-15(5-2)19-17(20-16)14-10-8-7-9-13(14)3/h7-10,18H,4-6,11-12H2,1-3H3. The predicted molar refractivity (Wildman–Crippen MR) is 88.3 cm³/mol. The van der Waals surface area contributed by atoms with Crippen LogP contribution in [-0.2, 0) is 13.0 Å². The summed E-state index contributed by atoms with van der Waals surface area (Å²) in [5.74, 6) is 0. The zero-order valence-corrected chi connectivity index (χ0v) is 13.5. The minimum atomic E-state index is 0.951. The van der Waals surface area contributed by atoms with Gasteiger partial charge in [-0.15, -0.1) is 11.3 Å². The molecule has 0 aliphatic heterocycles. The molecule has 0 radical (unpaired) electrons. The number of benzene rings is 1. The van der Waals surface area contributed by atoms with Crippen molar-refractivity contribution in [2.24, 2.45) is 0 Å². The van der Waals surface area contributed by atoms with E-state index in [1.807, 2.05) is 11.3 Å². The molecule has 20 heavy (non-hydrogen) atoms. The fourth-order valence-electron chi connectivity index (χ4n) is 2.23. The number of unbranched alkanes of at least 4 members (excludes halogenated alkanes) is 1. The smallest absolute Gasteiger partial charge is 0.124 e. The normalized spacial score (nSPS) is 10.9. The number of aryl methyl sites for hydroxylation is 2. The Morgan fingerprint density at radius 2 is 2.00 bits per heavy atom. The van der Waals surface area contributed by atoms with E-state index in [9.17, 15) is 0 Å². The van der Waals surface area contributed by atoms with E-state index in [4.69, 9.17) is 4.98 Å². The number of aromatic nitrogens is 1. The molecule has 108 valence electrons. The molecule has 0 aliphatic rings. The first-order valence-corrected chi connectivity index (χ1v) is 8.33. The first kappa shape index (κ1) is 15.2. The third kappa shape index (κ3) is 3.68. The SMILES string of the molecule is CCCCNCc1sc(-c2ccccc2C)nc1CC. The van der Waals surface area contributed by atoms with Gasteiger partial charge in [-0.25, -0.2) is 4.98 Å². The van der Waals surface area contributed by atoms with Gasteiger partial charge >= 0.3 is 0 Å². The van der Waals surface area contributed by atoms with Crippen molar-refractivity contribution in [2.75, 3.05) is 6.54 Å². The van der Waals surface area contributed by atoms with Gasteiger partial charge in [-0.3, -0.25) is 0 Å². The average Bonchev–Trinajstić information content (AvgIpc) is 2.87. The van der Waals surface area contributed by atoms with Crippen molar-refractivity contribution in [1.82, 2.24) is 10.3 Å². The minimum Gasteiger partial charge on any atom is -0.312 e. The van der Waals surface area contributed by atoms with Gasteiger partial charge in [0.25, 0.3) is 0 Å². The highest BCUT2D eigenvalue weighted by Crippen LogP contribution is 2.30. The van der Waals surface area contributed by atoms with Crippen molar-refractivity contribution in [2.45, 2.75) is 46.6 Å². The van der Waals surface area contributed by atoms with Crippen LogP contribution < -0.4 is 5.32 Å². The van der Waals surface area contributed by atoms with Crippen molar-refractivity contribution in [3.63, 3.8) is 0 Å². The van der Waals surface area contributed by atoms with E-state index in [-0.39, 0.29) is 0 Å². The van der Waals surface area contributed by atoms with Crippen LogP contribution in [0.3, 0.4) is 0 Å². The molecule has 0 amide bonds. The molecule has 0 atom stereocenters. The van der Waals surface area contributed by atoms with Crippen LogP contribution in [0.15, 0.2) is 24.3 Å². The topological polar surface area (TPSA) is 24.9 Å². The molecular formula is C17H24N2S. The molecule has 1 N–H and O–H groups in total. The van der Waals surface area contributed by atoms with Crippen LogP contribution >= 0.6 is 11.3 Å². The Balaban J connectivity index is 2.16. The Morgan fingerprint density at radius 3 is 2.70 bits per heavy atom. The lowest BCUT2D eigenvalue weighted by molar-refractivity contribution is 0.642. The van der Waals surface area contributed by atoms with Gasteiger partial charge in [-0.05, 0) is 31.9 Å². The van der Waals surface area contributed by atoms with Gasteiger partial charge in [0.2, 0.25) is 0 Å². The van der Waals surface area contributed by atoms with Crippen molar-refractivity contribution in [1.29, 1.82) is 0 Å². The highest BCUT2D eigenvalue weighted by atomic mass is 32.1. The van der Waals surface area contributed by atoms with Gasteiger partial charge in [0.15, 0.2) is 0 Å². The van der Waals surface area contributed by atoms with Crippen molar-refractivity contribution in [3.8, 4) is 10.6 Å². The fraction of sp³-hybridized carbons (Fsp3) is 0.471. The lowest BCUT2D eigenvalue weighted by Crippen LogP contribution is -2.14. The van der Waals surface area contributed by atoms with Crippen LogP contribution in [0.4, 0.5) is 0 Å². The van der Waals surface area contributed by atoms with Gasteiger partial charge in [0.05, 0.1) is 5.69 Å². The summed E-state index contributed by atoms with van der Waals surface area (Å²) in [6.07, 6.45) is 3.49. The second kappa shape index (κ2) is 7.55. The zero-order chi connectivity index (χ0) is 14.4. The maximum absolute atomic E-state index is 4.84. The van der Waals surface area contributed by atoms with Crippen LogP contribution in [-0.4, -0.2) is 11.5 Å². The Kier molecular flexibility index (Phi) is 5.74. The first-order valence-electron chi connectivity index (χ1n) is 7.51. The second-order valence-corrected chi connectivity index (χ2v) is 6.17. The van der Waals surface area contributed by atoms with Gasteiger partial charge in [0.1, 0.15) is 5.01 Å². The molecule has 0 saturated carbocycles. The Morgan fingerprint density at radius 1 is 1.20 bits per heavy atom. The molecule has 0 bridgehead atoms. The second-order valence-electron chi connectivity index (χ2n) is 5.09. The third-order valence-corrected chi connectivity index (χ3v) is 4.61. The minimum absolute atomic E-state index is 0.951. The predicted octanol–water partition coefficient (Wildman–Crippen LogP) is 4.57. The van der Waals surface area contributed by atoms with E-state index in [0.29, 0.717) is 0 Å². The van der Waals surface area contributed by atoms with E-state index in [2.05, 4.69) is 50.4 Å². The van der Waals surface area contributed by atoms with E-state index in [1.165, 1.54) is 34.5 Å². The lowest BCUT2D eigenvalue weighted by Gasteiger charge is -2.02. The van der Waals surface area contributed by atoms with E-state index >= 15 is 0 Å². The molecule has 1 aromatic heterocycles. The maximum Gasteiger partial charge on any atom is 0.124 e. The number of thiazole rings is 1. The van der Waals surface area contributed by atoms with Crippen LogP contribution in [0, 0.1) is 6.92 Å². The van der Waals surface area contributed by atoms with Crippen LogP contribution in [0.2, 0.25) is 0 Å². The molecule has 1 aromatic carbocycles.